The number of benzene rings is 2. The molecule has 1 aromatic heterocycles. The van der Waals surface area contributed by atoms with E-state index in [9.17, 15) is 4.79 Å². The van der Waals surface area contributed by atoms with Gasteiger partial charge in [-0.25, -0.2) is 0 Å². The first kappa shape index (κ1) is 16.0. The molecule has 3 aromatic rings. The van der Waals surface area contributed by atoms with Gasteiger partial charge in [-0.1, -0.05) is 42.5 Å². The summed E-state index contributed by atoms with van der Waals surface area (Å²) in [5, 5.41) is 7.37. The van der Waals surface area contributed by atoms with Crippen molar-refractivity contribution in [2.75, 3.05) is 5.32 Å². The average molecular weight is 319 g/mol. The Kier molecular flexibility index (Phi) is 4.21. The van der Waals surface area contributed by atoms with E-state index in [-0.39, 0.29) is 5.91 Å². The molecule has 1 heterocycles. The third-order valence-electron chi connectivity index (χ3n) is 4.20. The molecule has 0 fully saturated rings. The van der Waals surface area contributed by atoms with Gasteiger partial charge in [0.1, 0.15) is 5.54 Å². The van der Waals surface area contributed by atoms with Crippen molar-refractivity contribution in [3.63, 3.8) is 0 Å². The molecule has 1 N–H and O–H groups in total. The Morgan fingerprint density at radius 1 is 1.04 bits per heavy atom. The molecule has 0 saturated heterocycles. The van der Waals surface area contributed by atoms with Gasteiger partial charge >= 0.3 is 0 Å². The lowest BCUT2D eigenvalue weighted by atomic mass is 10.0. The van der Waals surface area contributed by atoms with Gasteiger partial charge in [-0.3, -0.25) is 9.48 Å². The summed E-state index contributed by atoms with van der Waals surface area (Å²) in [4.78, 5) is 12.7. The fraction of sp³-hybridized carbons (Fsp3) is 0.200. The molecule has 4 heteroatoms. The van der Waals surface area contributed by atoms with Crippen molar-refractivity contribution in [1.29, 1.82) is 0 Å². The second kappa shape index (κ2) is 6.32. The highest BCUT2D eigenvalue weighted by Gasteiger charge is 2.31. The van der Waals surface area contributed by atoms with Crippen LogP contribution in [0.2, 0.25) is 0 Å². The van der Waals surface area contributed by atoms with Crippen LogP contribution in [0.5, 0.6) is 0 Å². The molecule has 4 nitrogen and oxygen atoms in total. The Morgan fingerprint density at radius 2 is 1.71 bits per heavy atom. The van der Waals surface area contributed by atoms with Gasteiger partial charge in [0.25, 0.3) is 5.91 Å². The fourth-order valence-electron chi connectivity index (χ4n) is 2.57. The zero-order chi connectivity index (χ0) is 17.2. The minimum absolute atomic E-state index is 0.104. The second-order valence-corrected chi connectivity index (χ2v) is 6.37. The molecule has 0 radical (unpaired) electrons. The maximum absolute atomic E-state index is 12.7. The number of aromatic nitrogens is 2. The van der Waals surface area contributed by atoms with Crippen molar-refractivity contribution in [3.8, 4) is 11.1 Å². The van der Waals surface area contributed by atoms with Crippen LogP contribution in [0.25, 0.3) is 11.1 Å². The molecule has 0 atom stereocenters. The van der Waals surface area contributed by atoms with Gasteiger partial charge in [-0.05, 0) is 44.0 Å². The molecule has 0 aliphatic rings. The van der Waals surface area contributed by atoms with Crippen molar-refractivity contribution in [1.82, 2.24) is 9.78 Å². The number of hydrogen-bond acceptors (Lipinski definition) is 2. The van der Waals surface area contributed by atoms with Crippen LogP contribution in [0, 0.1) is 6.92 Å². The van der Waals surface area contributed by atoms with Crippen LogP contribution in [0.1, 0.15) is 19.4 Å². The number of hydrogen-bond donors (Lipinski definition) is 1. The van der Waals surface area contributed by atoms with E-state index in [2.05, 4.69) is 29.5 Å². The van der Waals surface area contributed by atoms with Crippen LogP contribution in [-0.4, -0.2) is 15.7 Å². The van der Waals surface area contributed by atoms with Gasteiger partial charge in [0.15, 0.2) is 0 Å². The van der Waals surface area contributed by atoms with Crippen molar-refractivity contribution in [3.05, 3.63) is 72.6 Å². The molecule has 0 spiro atoms. The number of para-hydroxylation sites is 1. The predicted molar refractivity (Wildman–Crippen MR) is 96.8 cm³/mol. The van der Waals surface area contributed by atoms with E-state index in [0.29, 0.717) is 0 Å². The monoisotopic (exact) mass is 319 g/mol. The van der Waals surface area contributed by atoms with Crippen LogP contribution < -0.4 is 5.32 Å². The van der Waals surface area contributed by atoms with Gasteiger partial charge in [-0.15, -0.1) is 0 Å². The molecule has 24 heavy (non-hydrogen) atoms. The van der Waals surface area contributed by atoms with E-state index in [0.717, 1.165) is 16.8 Å². The van der Waals surface area contributed by atoms with Crippen LogP contribution >= 0.6 is 0 Å². The lowest BCUT2D eigenvalue weighted by molar-refractivity contribution is -0.123. The Bertz CT molecular complexity index is 850. The topological polar surface area (TPSA) is 46.9 Å². The third kappa shape index (κ3) is 3.08. The first-order valence-electron chi connectivity index (χ1n) is 7.96. The highest BCUT2D eigenvalue weighted by molar-refractivity contribution is 5.96. The predicted octanol–water partition coefficient (Wildman–Crippen LogP) is 4.23. The molecular formula is C20H21N3O. The quantitative estimate of drug-likeness (QED) is 0.782. The number of carbonyl (C=O) groups excluding carboxylic acids is 1. The third-order valence-corrected chi connectivity index (χ3v) is 4.20. The standard InChI is InChI=1S/C20H21N3O/c1-15-9-7-8-12-18(15)16-13-21-23(14-16)20(2,3)19(24)22-17-10-5-4-6-11-17/h4-14H,1-3H3,(H,22,24). The number of amides is 1. The Labute approximate surface area is 142 Å². The van der Waals surface area contributed by atoms with Gasteiger partial charge in [0.05, 0.1) is 6.20 Å². The zero-order valence-electron chi connectivity index (χ0n) is 14.2. The van der Waals surface area contributed by atoms with Gasteiger partial charge < -0.3 is 5.32 Å². The molecule has 3 rings (SSSR count). The van der Waals surface area contributed by atoms with Crippen molar-refractivity contribution >= 4 is 11.6 Å². The van der Waals surface area contributed by atoms with Crippen molar-refractivity contribution in [2.45, 2.75) is 26.3 Å². The number of nitrogens with zero attached hydrogens (tertiary/aromatic N) is 2. The second-order valence-electron chi connectivity index (χ2n) is 6.37. The number of nitrogens with one attached hydrogen (secondary N) is 1. The molecular weight excluding hydrogens is 298 g/mol. The van der Waals surface area contributed by atoms with Gasteiger partial charge in [0.2, 0.25) is 0 Å². The highest BCUT2D eigenvalue weighted by Crippen LogP contribution is 2.25. The van der Waals surface area contributed by atoms with E-state index in [4.69, 9.17) is 0 Å². The minimum atomic E-state index is -0.795. The number of carbonyl (C=O) groups is 1. The first-order valence-corrected chi connectivity index (χ1v) is 7.96. The number of aryl methyl sites for hydroxylation is 1. The summed E-state index contributed by atoms with van der Waals surface area (Å²) in [7, 11) is 0. The summed E-state index contributed by atoms with van der Waals surface area (Å²) in [6.45, 7) is 5.79. The van der Waals surface area contributed by atoms with Crippen molar-refractivity contribution < 1.29 is 4.79 Å². The molecule has 0 aliphatic heterocycles. The molecule has 0 saturated carbocycles. The molecule has 0 aliphatic carbocycles. The van der Waals surface area contributed by atoms with Crippen LogP contribution in [-0.2, 0) is 10.3 Å². The SMILES string of the molecule is Cc1ccccc1-c1cnn(C(C)(C)C(=O)Nc2ccccc2)c1. The lowest BCUT2D eigenvalue weighted by Gasteiger charge is -2.24. The van der Waals surface area contributed by atoms with Crippen LogP contribution in [0.3, 0.4) is 0 Å². The Hall–Kier alpha value is -2.88. The average Bonchev–Trinajstić information content (AvgIpc) is 3.06. The smallest absolute Gasteiger partial charge is 0.251 e. The molecule has 0 unspecified atom stereocenters. The normalized spacial score (nSPS) is 11.3. The molecule has 0 bridgehead atoms. The summed E-state index contributed by atoms with van der Waals surface area (Å²) in [6, 6.07) is 17.6. The Balaban J connectivity index is 1.85. The number of rotatable bonds is 4. The minimum Gasteiger partial charge on any atom is -0.324 e. The maximum atomic E-state index is 12.7. The largest absolute Gasteiger partial charge is 0.324 e. The zero-order valence-corrected chi connectivity index (χ0v) is 14.2. The van der Waals surface area contributed by atoms with E-state index >= 15 is 0 Å². The summed E-state index contributed by atoms with van der Waals surface area (Å²) in [5.41, 5.74) is 3.30. The molecule has 1 amide bonds. The van der Waals surface area contributed by atoms with E-state index < -0.39 is 5.54 Å². The number of anilines is 1. The maximum Gasteiger partial charge on any atom is 0.251 e. The fourth-order valence-corrected chi connectivity index (χ4v) is 2.57. The van der Waals surface area contributed by atoms with Crippen molar-refractivity contribution in [2.24, 2.45) is 0 Å². The first-order chi connectivity index (χ1) is 11.5. The van der Waals surface area contributed by atoms with E-state index in [1.807, 2.05) is 62.5 Å². The lowest BCUT2D eigenvalue weighted by Crippen LogP contribution is -2.40. The van der Waals surface area contributed by atoms with E-state index in [1.54, 1.807) is 10.9 Å². The van der Waals surface area contributed by atoms with Crippen LogP contribution in [0.4, 0.5) is 5.69 Å². The summed E-state index contributed by atoms with van der Waals surface area (Å²) >= 11 is 0. The highest BCUT2D eigenvalue weighted by atomic mass is 16.2. The molecule has 2 aromatic carbocycles. The molecule has 122 valence electrons. The van der Waals surface area contributed by atoms with E-state index in [1.165, 1.54) is 5.56 Å². The summed E-state index contributed by atoms with van der Waals surface area (Å²) in [5.74, 6) is -0.104. The summed E-state index contributed by atoms with van der Waals surface area (Å²) < 4.78 is 1.72. The Morgan fingerprint density at radius 3 is 2.42 bits per heavy atom. The van der Waals surface area contributed by atoms with Crippen LogP contribution in [0.15, 0.2) is 67.0 Å². The van der Waals surface area contributed by atoms with Gasteiger partial charge in [0, 0.05) is 17.4 Å². The van der Waals surface area contributed by atoms with Gasteiger partial charge in [-0.2, -0.15) is 5.10 Å². The summed E-state index contributed by atoms with van der Waals surface area (Å²) in [6.07, 6.45) is 3.73.